The van der Waals surface area contributed by atoms with Gasteiger partial charge in [-0.15, -0.1) is 0 Å². The topological polar surface area (TPSA) is 61.2 Å². The number of rotatable bonds is 9. The van der Waals surface area contributed by atoms with Crippen molar-refractivity contribution >= 4 is 0 Å². The Bertz CT molecular complexity index is 330. The Balaban J connectivity index is 1.49. The summed E-state index contributed by atoms with van der Waals surface area (Å²) in [5, 5.41) is 0. The van der Waals surface area contributed by atoms with Gasteiger partial charge in [0.2, 0.25) is 0 Å². The van der Waals surface area contributed by atoms with Crippen molar-refractivity contribution in [2.45, 2.75) is 32.1 Å². The number of nitrogens with zero attached hydrogens (tertiary/aromatic N) is 3. The van der Waals surface area contributed by atoms with Crippen LogP contribution in [0.15, 0.2) is 12.4 Å². The van der Waals surface area contributed by atoms with Crippen molar-refractivity contribution in [3.8, 4) is 0 Å². The van der Waals surface area contributed by atoms with E-state index in [2.05, 4.69) is 19.8 Å². The minimum atomic E-state index is 0.829. The fourth-order valence-electron chi connectivity index (χ4n) is 2.78. The Morgan fingerprint density at radius 3 is 2.20 bits per heavy atom. The average molecular weight is 279 g/mol. The molecule has 0 unspecified atom stereocenters. The van der Waals surface area contributed by atoms with E-state index in [0.717, 1.165) is 25.2 Å². The highest BCUT2D eigenvalue weighted by molar-refractivity contribution is 4.86. The second-order valence-electron chi connectivity index (χ2n) is 5.67. The molecule has 1 aromatic rings. The molecule has 1 aliphatic heterocycles. The number of piperazine rings is 1. The highest BCUT2D eigenvalue weighted by Gasteiger charge is 2.15. The summed E-state index contributed by atoms with van der Waals surface area (Å²) < 4.78 is 0. The molecule has 5 heteroatoms. The maximum Gasteiger partial charge on any atom is 0.105 e. The third kappa shape index (κ3) is 5.61. The van der Waals surface area contributed by atoms with E-state index in [0.29, 0.717) is 0 Å². The summed E-state index contributed by atoms with van der Waals surface area (Å²) >= 11 is 0. The predicted molar refractivity (Wildman–Crippen MR) is 82.7 cm³/mol. The van der Waals surface area contributed by atoms with Crippen molar-refractivity contribution in [3.05, 3.63) is 18.2 Å². The number of hydrogen-bond donors (Lipinski definition) is 2. The number of unbranched alkanes of at least 4 members (excludes halogenated alkanes) is 2. The Morgan fingerprint density at radius 2 is 1.65 bits per heavy atom. The smallest absolute Gasteiger partial charge is 0.105 e. The van der Waals surface area contributed by atoms with Gasteiger partial charge in [-0.2, -0.15) is 0 Å². The monoisotopic (exact) mass is 279 g/mol. The lowest BCUT2D eigenvalue weighted by Gasteiger charge is -2.34. The maximum absolute atomic E-state index is 5.54. The lowest BCUT2D eigenvalue weighted by Crippen LogP contribution is -2.46. The summed E-state index contributed by atoms with van der Waals surface area (Å²) in [5.41, 5.74) is 5.54. The zero-order valence-corrected chi connectivity index (χ0v) is 12.6. The molecule has 5 nitrogen and oxygen atoms in total. The van der Waals surface area contributed by atoms with E-state index < -0.39 is 0 Å². The molecule has 1 aliphatic rings. The minimum absolute atomic E-state index is 0.829. The van der Waals surface area contributed by atoms with Crippen LogP contribution < -0.4 is 5.73 Å². The fourth-order valence-corrected chi connectivity index (χ4v) is 2.78. The van der Waals surface area contributed by atoms with Gasteiger partial charge in [0.05, 0.1) is 0 Å². The SMILES string of the molecule is NCCCCN1CCN(CCCCc2ncc[nH]2)CC1. The molecule has 1 aromatic heterocycles. The molecule has 2 heterocycles. The molecular weight excluding hydrogens is 250 g/mol. The highest BCUT2D eigenvalue weighted by atomic mass is 15.3. The highest BCUT2D eigenvalue weighted by Crippen LogP contribution is 2.06. The lowest BCUT2D eigenvalue weighted by molar-refractivity contribution is 0.129. The summed E-state index contributed by atoms with van der Waals surface area (Å²) in [5.74, 6) is 1.12. The summed E-state index contributed by atoms with van der Waals surface area (Å²) in [6, 6.07) is 0. The Hall–Kier alpha value is -0.910. The summed E-state index contributed by atoms with van der Waals surface area (Å²) in [6.45, 7) is 8.19. The number of H-pyrrole nitrogens is 1. The third-order valence-electron chi connectivity index (χ3n) is 4.09. The maximum atomic E-state index is 5.54. The van der Waals surface area contributed by atoms with Gasteiger partial charge in [0, 0.05) is 45.0 Å². The molecule has 1 fully saturated rings. The third-order valence-corrected chi connectivity index (χ3v) is 4.09. The normalized spacial score (nSPS) is 17.6. The molecule has 3 N–H and O–H groups in total. The number of hydrogen-bond acceptors (Lipinski definition) is 4. The zero-order chi connectivity index (χ0) is 14.0. The van der Waals surface area contributed by atoms with E-state index in [1.807, 2.05) is 12.4 Å². The van der Waals surface area contributed by atoms with Gasteiger partial charge in [-0.3, -0.25) is 0 Å². The standard InChI is InChI=1S/C15H29N5/c16-6-2-4-10-20-13-11-19(12-14-20)9-3-1-5-15-17-7-8-18-15/h7-8H,1-6,9-14,16H2,(H,17,18). The molecule has 0 aliphatic carbocycles. The van der Waals surface area contributed by atoms with Gasteiger partial charge in [-0.1, -0.05) is 0 Å². The van der Waals surface area contributed by atoms with Crippen LogP contribution in [0, 0.1) is 0 Å². The van der Waals surface area contributed by atoms with Crippen molar-refractivity contribution in [1.29, 1.82) is 0 Å². The second-order valence-corrected chi connectivity index (χ2v) is 5.67. The van der Waals surface area contributed by atoms with Gasteiger partial charge < -0.3 is 20.5 Å². The molecule has 20 heavy (non-hydrogen) atoms. The van der Waals surface area contributed by atoms with Crippen LogP contribution in [0.4, 0.5) is 0 Å². The van der Waals surface area contributed by atoms with Crippen molar-refractivity contribution in [3.63, 3.8) is 0 Å². The largest absolute Gasteiger partial charge is 0.349 e. The van der Waals surface area contributed by atoms with Crippen molar-refractivity contribution in [1.82, 2.24) is 19.8 Å². The molecule has 2 rings (SSSR count). The van der Waals surface area contributed by atoms with Crippen LogP contribution in [0.3, 0.4) is 0 Å². The molecule has 0 bridgehead atoms. The Morgan fingerprint density at radius 1 is 1.00 bits per heavy atom. The first-order valence-corrected chi connectivity index (χ1v) is 8.01. The van der Waals surface area contributed by atoms with E-state index in [1.54, 1.807) is 0 Å². The van der Waals surface area contributed by atoms with Crippen LogP contribution in [0.1, 0.15) is 31.5 Å². The second kappa shape index (κ2) is 9.10. The lowest BCUT2D eigenvalue weighted by atomic mass is 10.2. The van der Waals surface area contributed by atoms with E-state index in [4.69, 9.17) is 5.73 Å². The molecule has 1 saturated heterocycles. The van der Waals surface area contributed by atoms with Gasteiger partial charge >= 0.3 is 0 Å². The first-order chi connectivity index (χ1) is 9.88. The first-order valence-electron chi connectivity index (χ1n) is 8.01. The van der Waals surface area contributed by atoms with Crippen LogP contribution in [-0.4, -0.2) is 65.6 Å². The number of aromatic amines is 1. The molecule has 114 valence electrons. The van der Waals surface area contributed by atoms with E-state index >= 15 is 0 Å². The van der Waals surface area contributed by atoms with Crippen molar-refractivity contribution < 1.29 is 0 Å². The molecular formula is C15H29N5. The van der Waals surface area contributed by atoms with Crippen LogP contribution >= 0.6 is 0 Å². The quantitative estimate of drug-likeness (QED) is 0.664. The number of nitrogens with two attached hydrogens (primary N) is 1. The summed E-state index contributed by atoms with van der Waals surface area (Å²) in [6.07, 6.45) is 9.72. The fraction of sp³-hybridized carbons (Fsp3) is 0.800. The molecule has 0 atom stereocenters. The molecule has 0 radical (unpaired) electrons. The van der Waals surface area contributed by atoms with E-state index in [1.165, 1.54) is 58.5 Å². The number of aromatic nitrogens is 2. The van der Waals surface area contributed by atoms with Crippen molar-refractivity contribution in [2.24, 2.45) is 5.73 Å². The van der Waals surface area contributed by atoms with Crippen LogP contribution in [0.5, 0.6) is 0 Å². The first kappa shape index (κ1) is 15.5. The Kier molecular flexibility index (Phi) is 7.05. The van der Waals surface area contributed by atoms with Gasteiger partial charge in [0.15, 0.2) is 0 Å². The molecule has 0 spiro atoms. The van der Waals surface area contributed by atoms with Gasteiger partial charge in [-0.25, -0.2) is 4.98 Å². The molecule has 0 amide bonds. The zero-order valence-electron chi connectivity index (χ0n) is 12.6. The average Bonchev–Trinajstić information content (AvgIpc) is 2.99. The van der Waals surface area contributed by atoms with Gasteiger partial charge in [0.1, 0.15) is 5.82 Å². The van der Waals surface area contributed by atoms with Crippen LogP contribution in [0.25, 0.3) is 0 Å². The van der Waals surface area contributed by atoms with Gasteiger partial charge in [-0.05, 0) is 45.3 Å². The summed E-state index contributed by atoms with van der Waals surface area (Å²) in [4.78, 5) is 12.6. The van der Waals surface area contributed by atoms with Crippen molar-refractivity contribution in [2.75, 3.05) is 45.8 Å². The summed E-state index contributed by atoms with van der Waals surface area (Å²) in [7, 11) is 0. The van der Waals surface area contributed by atoms with E-state index in [9.17, 15) is 0 Å². The number of aryl methyl sites for hydroxylation is 1. The molecule has 0 aromatic carbocycles. The van der Waals surface area contributed by atoms with Gasteiger partial charge in [0.25, 0.3) is 0 Å². The van der Waals surface area contributed by atoms with E-state index in [-0.39, 0.29) is 0 Å². The minimum Gasteiger partial charge on any atom is -0.349 e. The number of nitrogens with one attached hydrogen (secondary N) is 1. The predicted octanol–water partition coefficient (Wildman–Crippen LogP) is 1.09. The Labute approximate surface area is 122 Å². The molecule has 0 saturated carbocycles. The number of imidazole rings is 1. The van der Waals surface area contributed by atoms with Crippen LogP contribution in [-0.2, 0) is 6.42 Å². The van der Waals surface area contributed by atoms with Crippen LogP contribution in [0.2, 0.25) is 0 Å².